The molecule has 0 aromatic heterocycles. The summed E-state index contributed by atoms with van der Waals surface area (Å²) in [6.07, 6.45) is 1.57. The topological polar surface area (TPSA) is 32.3 Å². The number of hydrogen-bond acceptors (Lipinski definition) is 2. The van der Waals surface area contributed by atoms with Gasteiger partial charge in [-0.05, 0) is 24.9 Å². The fraction of sp³-hybridized carbons (Fsp3) is 0.909. The molecule has 0 unspecified atom stereocenters. The van der Waals surface area contributed by atoms with Crippen LogP contribution in [-0.4, -0.2) is 38.0 Å². The molecule has 84 valence electrons. The Hall–Kier alpha value is -0.570. The predicted molar refractivity (Wildman–Crippen MR) is 60.3 cm³/mol. The maximum Gasteiger partial charge on any atom is 0.222 e. The lowest BCUT2D eigenvalue weighted by Crippen LogP contribution is -2.29. The van der Waals surface area contributed by atoms with Crippen LogP contribution in [0.1, 0.15) is 33.6 Å². The summed E-state index contributed by atoms with van der Waals surface area (Å²) in [5, 5.41) is 3.35. The van der Waals surface area contributed by atoms with Crippen molar-refractivity contribution >= 4 is 5.91 Å². The van der Waals surface area contributed by atoms with Crippen LogP contribution in [0.5, 0.6) is 0 Å². The van der Waals surface area contributed by atoms with Crippen LogP contribution in [0, 0.1) is 5.41 Å². The lowest BCUT2D eigenvalue weighted by Gasteiger charge is -2.18. The van der Waals surface area contributed by atoms with Crippen molar-refractivity contribution in [2.24, 2.45) is 5.41 Å². The van der Waals surface area contributed by atoms with Crippen molar-refractivity contribution in [2.75, 3.05) is 27.2 Å². The second-order valence-corrected chi connectivity index (χ2v) is 5.13. The predicted octanol–water partition coefficient (Wildman–Crippen LogP) is 1.49. The first-order valence-electron chi connectivity index (χ1n) is 5.24. The lowest BCUT2D eigenvalue weighted by atomic mass is 9.97. The molecule has 0 bridgehead atoms. The van der Waals surface area contributed by atoms with Gasteiger partial charge in [0.25, 0.3) is 0 Å². The number of nitrogens with zero attached hydrogens (tertiary/aromatic N) is 1. The minimum Gasteiger partial charge on any atom is -0.349 e. The highest BCUT2D eigenvalue weighted by atomic mass is 16.2. The monoisotopic (exact) mass is 200 g/mol. The van der Waals surface area contributed by atoms with Gasteiger partial charge in [-0.25, -0.2) is 0 Å². The van der Waals surface area contributed by atoms with E-state index in [0.29, 0.717) is 11.8 Å². The molecule has 1 amide bonds. The molecule has 0 saturated heterocycles. The summed E-state index contributed by atoms with van der Waals surface area (Å²) in [6, 6.07) is 0. The lowest BCUT2D eigenvalue weighted by molar-refractivity contribution is -0.128. The van der Waals surface area contributed by atoms with E-state index in [1.807, 2.05) is 0 Å². The molecule has 0 atom stereocenters. The molecule has 1 N–H and O–H groups in total. The molecule has 0 aliphatic heterocycles. The van der Waals surface area contributed by atoms with Gasteiger partial charge in [0.15, 0.2) is 0 Å². The summed E-state index contributed by atoms with van der Waals surface area (Å²) in [5.74, 6) is 0.211. The second kappa shape index (κ2) is 6.02. The van der Waals surface area contributed by atoms with Crippen molar-refractivity contribution in [3.8, 4) is 0 Å². The van der Waals surface area contributed by atoms with Gasteiger partial charge in [0.05, 0.1) is 0 Å². The van der Waals surface area contributed by atoms with Gasteiger partial charge < -0.3 is 10.2 Å². The van der Waals surface area contributed by atoms with E-state index < -0.39 is 0 Å². The molecule has 0 spiro atoms. The Morgan fingerprint density at radius 3 is 2.29 bits per heavy atom. The van der Waals surface area contributed by atoms with Crippen molar-refractivity contribution in [3.63, 3.8) is 0 Å². The van der Waals surface area contributed by atoms with E-state index in [2.05, 4.69) is 26.1 Å². The highest BCUT2D eigenvalue weighted by molar-refractivity contribution is 5.75. The third kappa shape index (κ3) is 8.05. The van der Waals surface area contributed by atoms with Crippen molar-refractivity contribution in [3.05, 3.63) is 0 Å². The Labute approximate surface area is 87.9 Å². The van der Waals surface area contributed by atoms with E-state index in [0.717, 1.165) is 19.5 Å². The summed E-state index contributed by atoms with van der Waals surface area (Å²) < 4.78 is 0. The average Bonchev–Trinajstić information content (AvgIpc) is 2.01. The molecule has 0 aromatic rings. The zero-order chi connectivity index (χ0) is 11.2. The van der Waals surface area contributed by atoms with Crippen LogP contribution in [0.2, 0.25) is 0 Å². The number of hydrogen-bond donors (Lipinski definition) is 1. The molecule has 3 heteroatoms. The van der Waals surface area contributed by atoms with Gasteiger partial charge in [-0.3, -0.25) is 4.79 Å². The number of carbonyl (C=O) groups excluding carboxylic acids is 1. The largest absolute Gasteiger partial charge is 0.349 e. The van der Waals surface area contributed by atoms with Gasteiger partial charge in [-0.1, -0.05) is 20.8 Å². The van der Waals surface area contributed by atoms with E-state index in [9.17, 15) is 4.79 Å². The smallest absolute Gasteiger partial charge is 0.222 e. The number of carbonyl (C=O) groups is 1. The number of rotatable bonds is 5. The highest BCUT2D eigenvalue weighted by Crippen LogP contribution is 2.10. The molecule has 0 rings (SSSR count). The zero-order valence-electron chi connectivity index (χ0n) is 10.2. The van der Waals surface area contributed by atoms with Crippen LogP contribution >= 0.6 is 0 Å². The summed E-state index contributed by atoms with van der Waals surface area (Å²) in [5.41, 5.74) is 0.325. The van der Waals surface area contributed by atoms with Gasteiger partial charge in [0.2, 0.25) is 5.91 Å². The van der Waals surface area contributed by atoms with E-state index in [1.165, 1.54) is 0 Å². The minimum atomic E-state index is 0.211. The third-order valence-corrected chi connectivity index (χ3v) is 1.90. The van der Waals surface area contributed by atoms with Gasteiger partial charge in [0.1, 0.15) is 0 Å². The fourth-order valence-electron chi connectivity index (χ4n) is 1.05. The Kier molecular flexibility index (Phi) is 5.77. The molecule has 0 aromatic carbocycles. The van der Waals surface area contributed by atoms with Crippen molar-refractivity contribution < 1.29 is 4.79 Å². The first-order valence-corrected chi connectivity index (χ1v) is 5.24. The van der Waals surface area contributed by atoms with Gasteiger partial charge in [0, 0.05) is 20.5 Å². The van der Waals surface area contributed by atoms with Gasteiger partial charge in [-0.15, -0.1) is 0 Å². The Morgan fingerprint density at radius 2 is 1.86 bits per heavy atom. The van der Waals surface area contributed by atoms with Crippen LogP contribution in [-0.2, 0) is 4.79 Å². The quantitative estimate of drug-likeness (QED) is 0.682. The maximum absolute atomic E-state index is 11.2. The van der Waals surface area contributed by atoms with Crippen molar-refractivity contribution in [2.45, 2.75) is 33.6 Å². The normalized spacial score (nSPS) is 11.5. The van der Waals surface area contributed by atoms with Crippen molar-refractivity contribution in [1.82, 2.24) is 10.2 Å². The molecule has 3 nitrogen and oxygen atoms in total. The molecule has 14 heavy (non-hydrogen) atoms. The minimum absolute atomic E-state index is 0.211. The first kappa shape index (κ1) is 13.4. The number of nitrogens with one attached hydrogen (secondary N) is 1. The Morgan fingerprint density at radius 1 is 1.29 bits per heavy atom. The highest BCUT2D eigenvalue weighted by Gasteiger charge is 2.08. The molecular weight excluding hydrogens is 176 g/mol. The average molecular weight is 200 g/mol. The van der Waals surface area contributed by atoms with E-state index >= 15 is 0 Å². The number of amides is 1. The third-order valence-electron chi connectivity index (χ3n) is 1.90. The Balaban J connectivity index is 3.35. The summed E-state index contributed by atoms with van der Waals surface area (Å²) in [7, 11) is 3.59. The SMILES string of the molecule is CN(C)C(=O)CCCNCC(C)(C)C. The first-order chi connectivity index (χ1) is 6.33. The van der Waals surface area contributed by atoms with Crippen LogP contribution in [0.15, 0.2) is 0 Å². The van der Waals surface area contributed by atoms with Crippen LogP contribution in [0.25, 0.3) is 0 Å². The zero-order valence-corrected chi connectivity index (χ0v) is 10.2. The standard InChI is InChI=1S/C11H24N2O/c1-11(2,3)9-12-8-6-7-10(14)13(4)5/h12H,6-9H2,1-5H3. The van der Waals surface area contributed by atoms with E-state index in [4.69, 9.17) is 0 Å². The molecule has 0 radical (unpaired) electrons. The Bertz CT molecular complexity index is 171. The van der Waals surface area contributed by atoms with Crippen LogP contribution < -0.4 is 5.32 Å². The van der Waals surface area contributed by atoms with E-state index in [1.54, 1.807) is 19.0 Å². The fourth-order valence-corrected chi connectivity index (χ4v) is 1.05. The molecule has 0 heterocycles. The summed E-state index contributed by atoms with van der Waals surface area (Å²) >= 11 is 0. The molecule has 0 saturated carbocycles. The molecule has 0 fully saturated rings. The van der Waals surface area contributed by atoms with Gasteiger partial charge in [-0.2, -0.15) is 0 Å². The van der Waals surface area contributed by atoms with Crippen molar-refractivity contribution in [1.29, 1.82) is 0 Å². The van der Waals surface area contributed by atoms with Crippen LogP contribution in [0.3, 0.4) is 0 Å². The van der Waals surface area contributed by atoms with Gasteiger partial charge >= 0.3 is 0 Å². The molecule has 0 aliphatic carbocycles. The molecule has 0 aliphatic rings. The summed E-state index contributed by atoms with van der Waals surface area (Å²) in [4.78, 5) is 12.8. The second-order valence-electron chi connectivity index (χ2n) is 5.13. The van der Waals surface area contributed by atoms with E-state index in [-0.39, 0.29) is 5.91 Å². The molecular formula is C11H24N2O. The summed E-state index contributed by atoms with van der Waals surface area (Å²) in [6.45, 7) is 8.53. The maximum atomic E-state index is 11.2. The van der Waals surface area contributed by atoms with Crippen LogP contribution in [0.4, 0.5) is 0 Å².